The third kappa shape index (κ3) is 3.60. The van der Waals surface area contributed by atoms with Crippen molar-refractivity contribution in [1.29, 1.82) is 0 Å². The molecule has 0 atom stereocenters. The topological polar surface area (TPSA) is 67.2 Å². The molecule has 2 N–H and O–H groups in total. The molecule has 1 amide bonds. The Bertz CT molecular complexity index is 585. The van der Waals surface area contributed by atoms with E-state index in [9.17, 15) is 4.79 Å². The number of hydrogen-bond acceptors (Lipinski definition) is 4. The molecule has 1 aromatic carbocycles. The van der Waals surface area contributed by atoms with Crippen molar-refractivity contribution < 1.29 is 9.32 Å². The second kappa shape index (κ2) is 6.23. The lowest BCUT2D eigenvalue weighted by molar-refractivity contribution is -0.116. The van der Waals surface area contributed by atoms with Crippen molar-refractivity contribution in [3.05, 3.63) is 41.2 Å². The lowest BCUT2D eigenvalue weighted by Gasteiger charge is -2.12. The number of anilines is 2. The molecule has 0 radical (unpaired) electrons. The maximum atomic E-state index is 11.7. The second-order valence-corrected chi connectivity index (χ2v) is 4.81. The first-order valence-corrected chi connectivity index (χ1v) is 6.59. The summed E-state index contributed by atoms with van der Waals surface area (Å²) < 4.78 is 4.89. The van der Waals surface area contributed by atoms with Crippen LogP contribution in [0.4, 0.5) is 11.5 Å². The fraction of sp³-hybridized carbons (Fsp3) is 0.333. The Morgan fingerprint density at radius 2 is 1.95 bits per heavy atom. The van der Waals surface area contributed by atoms with Crippen LogP contribution in [0.25, 0.3) is 0 Å². The molecule has 0 unspecified atom stereocenters. The second-order valence-electron chi connectivity index (χ2n) is 4.81. The maximum Gasteiger partial charge on any atom is 0.227 e. The summed E-state index contributed by atoms with van der Waals surface area (Å²) in [4.78, 5) is 11.7. The van der Waals surface area contributed by atoms with E-state index >= 15 is 0 Å². The Hall–Kier alpha value is -2.30. The molecule has 2 rings (SSSR count). The first-order valence-electron chi connectivity index (χ1n) is 6.59. The molecule has 5 heteroatoms. The Morgan fingerprint density at radius 3 is 2.55 bits per heavy atom. The molecule has 1 aromatic heterocycles. The number of rotatable bonds is 5. The highest BCUT2D eigenvalue weighted by molar-refractivity contribution is 5.90. The third-order valence-corrected chi connectivity index (χ3v) is 3.03. The summed E-state index contributed by atoms with van der Waals surface area (Å²) in [5.41, 5.74) is 3.45. The molecule has 0 spiro atoms. The van der Waals surface area contributed by atoms with Gasteiger partial charge in [0.05, 0.1) is 0 Å². The van der Waals surface area contributed by atoms with Gasteiger partial charge in [-0.15, -0.1) is 0 Å². The Morgan fingerprint density at radius 1 is 1.25 bits per heavy atom. The van der Waals surface area contributed by atoms with Gasteiger partial charge in [0.1, 0.15) is 5.76 Å². The molecule has 2 aromatic rings. The van der Waals surface area contributed by atoms with Crippen LogP contribution in [-0.4, -0.2) is 17.6 Å². The molecule has 0 bridgehead atoms. The molecular weight excluding hydrogens is 254 g/mol. The molecule has 5 nitrogen and oxygen atoms in total. The minimum absolute atomic E-state index is 0.0861. The molecule has 0 fully saturated rings. The molecule has 0 aliphatic carbocycles. The van der Waals surface area contributed by atoms with E-state index in [0.29, 0.717) is 24.5 Å². The number of para-hydroxylation sites is 1. The molecular formula is C15H19N3O2. The van der Waals surface area contributed by atoms with Crippen molar-refractivity contribution in [3.63, 3.8) is 0 Å². The highest BCUT2D eigenvalue weighted by atomic mass is 16.5. The lowest BCUT2D eigenvalue weighted by Crippen LogP contribution is -2.17. The number of aryl methyl sites for hydroxylation is 3. The van der Waals surface area contributed by atoms with Crippen LogP contribution in [0, 0.1) is 20.8 Å². The van der Waals surface area contributed by atoms with Crippen molar-refractivity contribution >= 4 is 17.4 Å². The minimum Gasteiger partial charge on any atom is -0.384 e. The van der Waals surface area contributed by atoms with Crippen LogP contribution in [-0.2, 0) is 4.79 Å². The van der Waals surface area contributed by atoms with Gasteiger partial charge in [0.2, 0.25) is 5.91 Å². The molecule has 0 aliphatic heterocycles. The number of nitrogens with one attached hydrogen (secondary N) is 2. The number of carbonyl (C=O) groups excluding carboxylic acids is 1. The Balaban J connectivity index is 1.82. The molecule has 1 heterocycles. The van der Waals surface area contributed by atoms with E-state index in [4.69, 9.17) is 4.52 Å². The summed E-state index contributed by atoms with van der Waals surface area (Å²) in [7, 11) is 0. The smallest absolute Gasteiger partial charge is 0.227 e. The van der Waals surface area contributed by atoms with Gasteiger partial charge in [-0.1, -0.05) is 23.4 Å². The van der Waals surface area contributed by atoms with Gasteiger partial charge in [-0.05, 0) is 31.9 Å². The summed E-state index contributed by atoms with van der Waals surface area (Å²) in [6, 6.07) is 7.81. The average molecular weight is 273 g/mol. The van der Waals surface area contributed by atoms with E-state index < -0.39 is 0 Å². The summed E-state index contributed by atoms with van der Waals surface area (Å²) in [6.07, 6.45) is 0.375. The van der Waals surface area contributed by atoms with Crippen LogP contribution in [0.2, 0.25) is 0 Å². The Labute approximate surface area is 118 Å². The summed E-state index contributed by atoms with van der Waals surface area (Å²) >= 11 is 0. The zero-order valence-corrected chi connectivity index (χ0v) is 12.0. The highest BCUT2D eigenvalue weighted by Crippen LogP contribution is 2.19. The van der Waals surface area contributed by atoms with Gasteiger partial charge in [0.15, 0.2) is 5.82 Å². The molecule has 20 heavy (non-hydrogen) atoms. The van der Waals surface area contributed by atoms with Crippen LogP contribution in [0.1, 0.15) is 23.3 Å². The van der Waals surface area contributed by atoms with Crippen molar-refractivity contribution in [2.45, 2.75) is 27.2 Å². The van der Waals surface area contributed by atoms with Gasteiger partial charge in [-0.3, -0.25) is 4.79 Å². The van der Waals surface area contributed by atoms with Crippen LogP contribution in [0.5, 0.6) is 0 Å². The largest absolute Gasteiger partial charge is 0.384 e. The fourth-order valence-electron chi connectivity index (χ4n) is 2.02. The predicted molar refractivity (Wildman–Crippen MR) is 78.9 cm³/mol. The van der Waals surface area contributed by atoms with E-state index in [-0.39, 0.29) is 5.91 Å². The van der Waals surface area contributed by atoms with Gasteiger partial charge >= 0.3 is 0 Å². The van der Waals surface area contributed by atoms with E-state index in [1.807, 2.05) is 32.0 Å². The Kier molecular flexibility index (Phi) is 4.40. The van der Waals surface area contributed by atoms with E-state index in [1.54, 1.807) is 13.0 Å². The molecule has 0 saturated carbocycles. The zero-order valence-electron chi connectivity index (χ0n) is 12.0. The van der Waals surface area contributed by atoms with Crippen LogP contribution in [0.15, 0.2) is 28.8 Å². The fourth-order valence-corrected chi connectivity index (χ4v) is 2.02. The number of benzene rings is 1. The monoisotopic (exact) mass is 273 g/mol. The van der Waals surface area contributed by atoms with Crippen molar-refractivity contribution in [3.8, 4) is 0 Å². The highest BCUT2D eigenvalue weighted by Gasteiger charge is 2.07. The van der Waals surface area contributed by atoms with Crippen LogP contribution < -0.4 is 10.6 Å². The zero-order chi connectivity index (χ0) is 14.5. The predicted octanol–water partition coefficient (Wildman–Crippen LogP) is 3.04. The lowest BCUT2D eigenvalue weighted by atomic mass is 10.1. The van der Waals surface area contributed by atoms with E-state index in [2.05, 4.69) is 15.8 Å². The van der Waals surface area contributed by atoms with Crippen molar-refractivity contribution in [1.82, 2.24) is 5.16 Å². The first kappa shape index (κ1) is 14.1. The summed E-state index contributed by atoms with van der Waals surface area (Å²) in [5, 5.41) is 9.72. The molecule has 0 aliphatic rings. The maximum absolute atomic E-state index is 11.7. The van der Waals surface area contributed by atoms with Crippen LogP contribution >= 0.6 is 0 Å². The van der Waals surface area contributed by atoms with Crippen molar-refractivity contribution in [2.75, 3.05) is 17.2 Å². The molecule has 0 saturated heterocycles. The third-order valence-electron chi connectivity index (χ3n) is 3.03. The SMILES string of the molecule is Cc1cc(NC(=O)CCNc2c(C)cccc2C)no1. The standard InChI is InChI=1S/C15H19N3O2/c1-10-5-4-6-11(2)15(10)16-8-7-14(19)17-13-9-12(3)20-18-13/h4-6,9,16H,7-8H2,1-3H3,(H,17,18,19). The van der Waals surface area contributed by atoms with Crippen LogP contribution in [0.3, 0.4) is 0 Å². The first-order chi connectivity index (χ1) is 9.56. The number of carbonyl (C=O) groups is 1. The van der Waals surface area contributed by atoms with Gasteiger partial charge in [0.25, 0.3) is 0 Å². The average Bonchev–Trinajstić information content (AvgIpc) is 2.78. The quantitative estimate of drug-likeness (QED) is 0.878. The van der Waals surface area contributed by atoms with Gasteiger partial charge in [0, 0.05) is 24.7 Å². The number of aromatic nitrogens is 1. The number of nitrogens with zero attached hydrogens (tertiary/aromatic N) is 1. The normalized spacial score (nSPS) is 10.3. The summed E-state index contributed by atoms with van der Waals surface area (Å²) in [6.45, 7) is 6.46. The number of amides is 1. The molecule has 106 valence electrons. The number of hydrogen-bond donors (Lipinski definition) is 2. The summed E-state index contributed by atoms with van der Waals surface area (Å²) in [5.74, 6) is 1.05. The van der Waals surface area contributed by atoms with E-state index in [0.717, 1.165) is 5.69 Å². The van der Waals surface area contributed by atoms with Crippen molar-refractivity contribution in [2.24, 2.45) is 0 Å². The van der Waals surface area contributed by atoms with Gasteiger partial charge in [-0.25, -0.2) is 0 Å². The minimum atomic E-state index is -0.0861. The van der Waals surface area contributed by atoms with E-state index in [1.165, 1.54) is 11.1 Å². The van der Waals surface area contributed by atoms with Gasteiger partial charge < -0.3 is 15.2 Å². The van der Waals surface area contributed by atoms with Gasteiger partial charge in [-0.2, -0.15) is 0 Å².